The van der Waals surface area contributed by atoms with E-state index < -0.39 is 0 Å². The Kier molecular flexibility index (Phi) is 4.25. The summed E-state index contributed by atoms with van der Waals surface area (Å²) in [6.07, 6.45) is 13.2. The molecule has 1 aromatic rings. The summed E-state index contributed by atoms with van der Waals surface area (Å²) in [6, 6.07) is 0.691. The van der Waals surface area contributed by atoms with Crippen molar-refractivity contribution < 1.29 is 0 Å². The lowest BCUT2D eigenvalue weighted by molar-refractivity contribution is 0.522. The van der Waals surface area contributed by atoms with Crippen LogP contribution < -0.4 is 5.32 Å². The Hall–Kier alpha value is -0.990. The third-order valence-corrected chi connectivity index (χ3v) is 3.45. The van der Waals surface area contributed by atoms with Crippen LogP contribution in [0.2, 0.25) is 0 Å². The highest BCUT2D eigenvalue weighted by atomic mass is 15.2. The second-order valence-electron chi connectivity index (χ2n) is 4.73. The molecule has 1 saturated carbocycles. The molecule has 0 amide bonds. The summed E-state index contributed by atoms with van der Waals surface area (Å²) in [5, 5.41) is 3.46. The van der Waals surface area contributed by atoms with Crippen LogP contribution in [-0.4, -0.2) is 16.1 Å². The van der Waals surface area contributed by atoms with Gasteiger partial charge in [-0.2, -0.15) is 0 Å². The third kappa shape index (κ3) is 2.77. The standard InChI is InChI=1S/C13H23N3/c1-2-3-6-9-14-13-15-10-11-16(13)12-7-4-5-8-12/h10-12H,2-9H2,1H3,(H,14,15). The monoisotopic (exact) mass is 221 g/mol. The first-order valence-electron chi connectivity index (χ1n) is 6.68. The molecule has 0 aromatic carbocycles. The van der Waals surface area contributed by atoms with Crippen LogP contribution >= 0.6 is 0 Å². The fourth-order valence-electron chi connectivity index (χ4n) is 2.50. The van der Waals surface area contributed by atoms with E-state index in [9.17, 15) is 0 Å². The van der Waals surface area contributed by atoms with E-state index in [1.54, 1.807) is 0 Å². The maximum absolute atomic E-state index is 4.41. The zero-order valence-electron chi connectivity index (χ0n) is 10.3. The third-order valence-electron chi connectivity index (χ3n) is 3.45. The van der Waals surface area contributed by atoms with Gasteiger partial charge in [-0.3, -0.25) is 0 Å². The van der Waals surface area contributed by atoms with Crippen molar-refractivity contribution in [3.63, 3.8) is 0 Å². The first kappa shape index (κ1) is 11.5. The number of imidazole rings is 1. The van der Waals surface area contributed by atoms with E-state index in [4.69, 9.17) is 0 Å². The molecule has 1 N–H and O–H groups in total. The summed E-state index contributed by atoms with van der Waals surface area (Å²) in [4.78, 5) is 4.41. The molecular weight excluding hydrogens is 198 g/mol. The zero-order chi connectivity index (χ0) is 11.2. The lowest BCUT2D eigenvalue weighted by Gasteiger charge is -2.15. The minimum Gasteiger partial charge on any atom is -0.356 e. The number of unbranched alkanes of at least 4 members (excludes halogenated alkanes) is 2. The van der Waals surface area contributed by atoms with Gasteiger partial charge in [0, 0.05) is 25.0 Å². The molecule has 0 atom stereocenters. The Morgan fingerprint density at radius 3 is 2.94 bits per heavy atom. The molecule has 16 heavy (non-hydrogen) atoms. The maximum atomic E-state index is 4.41. The summed E-state index contributed by atoms with van der Waals surface area (Å²) >= 11 is 0. The summed E-state index contributed by atoms with van der Waals surface area (Å²) < 4.78 is 2.33. The maximum Gasteiger partial charge on any atom is 0.203 e. The van der Waals surface area contributed by atoms with Crippen molar-refractivity contribution >= 4 is 5.95 Å². The van der Waals surface area contributed by atoms with Crippen molar-refractivity contribution in [2.75, 3.05) is 11.9 Å². The van der Waals surface area contributed by atoms with Crippen molar-refractivity contribution in [1.82, 2.24) is 9.55 Å². The van der Waals surface area contributed by atoms with E-state index >= 15 is 0 Å². The second kappa shape index (κ2) is 5.92. The van der Waals surface area contributed by atoms with Crippen LogP contribution in [0.1, 0.15) is 57.9 Å². The largest absolute Gasteiger partial charge is 0.356 e. The average Bonchev–Trinajstić information content (AvgIpc) is 2.94. The Morgan fingerprint density at radius 2 is 2.19 bits per heavy atom. The van der Waals surface area contributed by atoms with Crippen molar-refractivity contribution in [2.24, 2.45) is 0 Å². The molecule has 0 radical (unpaired) electrons. The van der Waals surface area contributed by atoms with Crippen LogP contribution in [-0.2, 0) is 0 Å². The molecule has 3 nitrogen and oxygen atoms in total. The van der Waals surface area contributed by atoms with Crippen LogP contribution in [0.5, 0.6) is 0 Å². The van der Waals surface area contributed by atoms with Gasteiger partial charge < -0.3 is 9.88 Å². The number of nitrogens with zero attached hydrogens (tertiary/aromatic N) is 2. The van der Waals surface area contributed by atoms with E-state index in [-0.39, 0.29) is 0 Å². The molecule has 0 aliphatic heterocycles. The molecular formula is C13H23N3. The molecule has 1 aromatic heterocycles. The molecule has 90 valence electrons. The van der Waals surface area contributed by atoms with Crippen molar-refractivity contribution in [3.8, 4) is 0 Å². The van der Waals surface area contributed by atoms with Gasteiger partial charge in [-0.05, 0) is 19.3 Å². The fourth-order valence-corrected chi connectivity index (χ4v) is 2.50. The second-order valence-corrected chi connectivity index (χ2v) is 4.73. The van der Waals surface area contributed by atoms with Gasteiger partial charge in [-0.15, -0.1) is 0 Å². The topological polar surface area (TPSA) is 29.9 Å². The zero-order valence-corrected chi connectivity index (χ0v) is 10.3. The number of anilines is 1. The summed E-state index contributed by atoms with van der Waals surface area (Å²) in [5.74, 6) is 1.07. The Balaban J connectivity index is 1.86. The number of nitrogens with one attached hydrogen (secondary N) is 1. The van der Waals surface area contributed by atoms with E-state index in [0.29, 0.717) is 6.04 Å². The van der Waals surface area contributed by atoms with Crippen LogP contribution in [0.4, 0.5) is 5.95 Å². The van der Waals surface area contributed by atoms with E-state index in [1.165, 1.54) is 44.9 Å². The first-order chi connectivity index (χ1) is 7.92. The summed E-state index contributed by atoms with van der Waals surface area (Å²) in [5.41, 5.74) is 0. The van der Waals surface area contributed by atoms with Gasteiger partial charge in [-0.1, -0.05) is 32.6 Å². The van der Waals surface area contributed by atoms with Crippen molar-refractivity contribution in [2.45, 2.75) is 57.9 Å². The molecule has 0 spiro atoms. The SMILES string of the molecule is CCCCCNc1nccn1C1CCCC1. The van der Waals surface area contributed by atoms with Gasteiger partial charge in [0.05, 0.1) is 0 Å². The highest BCUT2D eigenvalue weighted by Gasteiger charge is 2.18. The molecule has 0 bridgehead atoms. The molecule has 1 heterocycles. The summed E-state index contributed by atoms with van der Waals surface area (Å²) in [7, 11) is 0. The predicted octanol–water partition coefficient (Wildman–Crippen LogP) is 3.60. The fraction of sp³-hybridized carbons (Fsp3) is 0.769. The van der Waals surface area contributed by atoms with Crippen molar-refractivity contribution in [1.29, 1.82) is 0 Å². The van der Waals surface area contributed by atoms with Gasteiger partial charge >= 0.3 is 0 Å². The quantitative estimate of drug-likeness (QED) is 0.744. The molecule has 1 aliphatic carbocycles. The number of hydrogen-bond donors (Lipinski definition) is 1. The van der Waals surface area contributed by atoms with Gasteiger partial charge in [-0.25, -0.2) is 4.98 Å². The molecule has 1 aliphatic rings. The average molecular weight is 221 g/mol. The Bertz CT molecular complexity index is 300. The highest BCUT2D eigenvalue weighted by molar-refractivity contribution is 5.26. The van der Waals surface area contributed by atoms with Gasteiger partial charge in [0.25, 0.3) is 0 Å². The smallest absolute Gasteiger partial charge is 0.203 e. The van der Waals surface area contributed by atoms with Crippen molar-refractivity contribution in [3.05, 3.63) is 12.4 Å². The van der Waals surface area contributed by atoms with Gasteiger partial charge in [0.2, 0.25) is 5.95 Å². The molecule has 0 saturated heterocycles. The first-order valence-corrected chi connectivity index (χ1v) is 6.68. The minimum absolute atomic E-state index is 0.691. The van der Waals surface area contributed by atoms with E-state index in [2.05, 4.69) is 28.0 Å². The van der Waals surface area contributed by atoms with E-state index in [0.717, 1.165) is 12.5 Å². The van der Waals surface area contributed by atoms with Crippen LogP contribution in [0.25, 0.3) is 0 Å². The normalized spacial score (nSPS) is 16.8. The Labute approximate surface area is 98.3 Å². The van der Waals surface area contributed by atoms with E-state index in [1.807, 2.05) is 6.20 Å². The summed E-state index contributed by atoms with van der Waals surface area (Å²) in [6.45, 7) is 3.29. The van der Waals surface area contributed by atoms with Crippen LogP contribution in [0.15, 0.2) is 12.4 Å². The molecule has 3 heteroatoms. The molecule has 2 rings (SSSR count). The number of aromatic nitrogens is 2. The molecule has 1 fully saturated rings. The number of hydrogen-bond acceptors (Lipinski definition) is 2. The number of rotatable bonds is 6. The minimum atomic E-state index is 0.691. The predicted molar refractivity (Wildman–Crippen MR) is 67.7 cm³/mol. The van der Waals surface area contributed by atoms with Gasteiger partial charge in [0.15, 0.2) is 0 Å². The molecule has 0 unspecified atom stereocenters. The lowest BCUT2D eigenvalue weighted by Crippen LogP contribution is -2.11. The lowest BCUT2D eigenvalue weighted by atomic mass is 10.2. The highest BCUT2D eigenvalue weighted by Crippen LogP contribution is 2.31. The van der Waals surface area contributed by atoms with Crippen LogP contribution in [0.3, 0.4) is 0 Å². The van der Waals surface area contributed by atoms with Crippen LogP contribution in [0, 0.1) is 0 Å². The van der Waals surface area contributed by atoms with Gasteiger partial charge in [0.1, 0.15) is 0 Å². The Morgan fingerprint density at radius 1 is 1.38 bits per heavy atom.